The predicted octanol–water partition coefficient (Wildman–Crippen LogP) is 2.50. The fourth-order valence-corrected chi connectivity index (χ4v) is 2.90. The number of nitrogens with zero attached hydrogens (tertiary/aromatic N) is 3. The van der Waals surface area contributed by atoms with E-state index in [0.717, 1.165) is 30.0 Å². The molecule has 2 heterocycles. The van der Waals surface area contributed by atoms with Gasteiger partial charge in [0.2, 0.25) is 5.91 Å². The van der Waals surface area contributed by atoms with Gasteiger partial charge in [-0.25, -0.2) is 0 Å². The van der Waals surface area contributed by atoms with Crippen LogP contribution in [-0.2, 0) is 11.3 Å². The average molecular weight is 325 g/mol. The number of benzene rings is 1. The van der Waals surface area contributed by atoms with Crippen molar-refractivity contribution >= 4 is 5.91 Å². The molecule has 1 aliphatic heterocycles. The van der Waals surface area contributed by atoms with E-state index in [1.165, 1.54) is 0 Å². The summed E-state index contributed by atoms with van der Waals surface area (Å²) < 4.78 is 5.76. The second kappa shape index (κ2) is 7.45. The lowest BCUT2D eigenvalue weighted by atomic mass is 10.1. The van der Waals surface area contributed by atoms with Gasteiger partial charge in [0.1, 0.15) is 12.4 Å². The van der Waals surface area contributed by atoms with Gasteiger partial charge in [-0.1, -0.05) is 18.2 Å². The lowest BCUT2D eigenvalue weighted by Gasteiger charge is -2.28. The van der Waals surface area contributed by atoms with Crippen molar-refractivity contribution in [3.63, 3.8) is 0 Å². The summed E-state index contributed by atoms with van der Waals surface area (Å²) in [4.78, 5) is 20.7. The lowest BCUT2D eigenvalue weighted by Crippen LogP contribution is -2.40. The maximum absolute atomic E-state index is 12.7. The van der Waals surface area contributed by atoms with Crippen molar-refractivity contribution in [2.24, 2.45) is 0 Å². The van der Waals surface area contributed by atoms with Gasteiger partial charge in [0.15, 0.2) is 0 Å². The van der Waals surface area contributed by atoms with Crippen LogP contribution in [0, 0.1) is 0 Å². The Morgan fingerprint density at radius 2 is 2.04 bits per heavy atom. The van der Waals surface area contributed by atoms with E-state index in [1.807, 2.05) is 44.3 Å². The zero-order chi connectivity index (χ0) is 16.9. The minimum Gasteiger partial charge on any atom is -0.492 e. The molecule has 0 radical (unpaired) electrons. The van der Waals surface area contributed by atoms with E-state index < -0.39 is 0 Å². The number of hydrogen-bond donors (Lipinski definition) is 0. The van der Waals surface area contributed by atoms with Crippen LogP contribution in [0.5, 0.6) is 5.75 Å². The minimum absolute atomic E-state index is 0.0241. The van der Waals surface area contributed by atoms with Crippen LogP contribution in [-0.4, -0.2) is 47.4 Å². The first-order valence-electron chi connectivity index (χ1n) is 8.24. The summed E-state index contributed by atoms with van der Waals surface area (Å²) in [6.07, 6.45) is 3.51. The Bertz CT molecular complexity index is 690. The number of rotatable bonds is 4. The van der Waals surface area contributed by atoms with E-state index in [0.29, 0.717) is 13.2 Å². The molecule has 1 unspecified atom stereocenters. The van der Waals surface area contributed by atoms with Crippen LogP contribution in [0.15, 0.2) is 48.8 Å². The zero-order valence-corrected chi connectivity index (χ0v) is 14.2. The molecule has 0 bridgehead atoms. The molecule has 1 amide bonds. The molecule has 1 aromatic carbocycles. The fourth-order valence-electron chi connectivity index (χ4n) is 2.90. The molecule has 0 aliphatic carbocycles. The molecular weight excluding hydrogens is 302 g/mol. The third kappa shape index (κ3) is 3.74. The molecule has 3 rings (SSSR count). The minimum atomic E-state index is 0.0241. The number of amides is 1. The topological polar surface area (TPSA) is 45.7 Å². The first kappa shape index (κ1) is 16.5. The van der Waals surface area contributed by atoms with E-state index in [1.54, 1.807) is 17.3 Å². The van der Waals surface area contributed by atoms with Gasteiger partial charge in [-0.2, -0.15) is 0 Å². The molecule has 24 heavy (non-hydrogen) atoms. The summed E-state index contributed by atoms with van der Waals surface area (Å²) in [7, 11) is 1.86. The third-order valence-electron chi connectivity index (χ3n) is 4.55. The first-order chi connectivity index (χ1) is 11.6. The van der Waals surface area contributed by atoms with Gasteiger partial charge in [0.25, 0.3) is 0 Å². The standard InChI is InChI=1S/C19H23N3O2/c1-15(16-7-9-20-10-8-16)21(2)19(23)14-22-11-12-24-18-6-4-3-5-17(18)13-22/h3-10,15H,11-14H2,1-2H3. The van der Waals surface area contributed by atoms with Gasteiger partial charge in [0.05, 0.1) is 12.6 Å². The number of hydrogen-bond acceptors (Lipinski definition) is 4. The SMILES string of the molecule is CC(c1ccncc1)N(C)C(=O)CN1CCOc2ccccc2C1. The number of carbonyl (C=O) groups excluding carboxylic acids is 1. The molecule has 1 aliphatic rings. The Morgan fingerprint density at radius 3 is 2.83 bits per heavy atom. The van der Waals surface area contributed by atoms with E-state index in [4.69, 9.17) is 4.74 Å². The van der Waals surface area contributed by atoms with Crippen molar-refractivity contribution < 1.29 is 9.53 Å². The Labute approximate surface area is 142 Å². The van der Waals surface area contributed by atoms with Crippen molar-refractivity contribution in [2.75, 3.05) is 26.7 Å². The Hall–Kier alpha value is -2.40. The molecular formula is C19H23N3O2. The van der Waals surface area contributed by atoms with Gasteiger partial charge < -0.3 is 9.64 Å². The summed E-state index contributed by atoms with van der Waals surface area (Å²) in [5, 5.41) is 0. The van der Waals surface area contributed by atoms with Crippen LogP contribution < -0.4 is 4.74 Å². The van der Waals surface area contributed by atoms with Crippen molar-refractivity contribution in [3.05, 3.63) is 59.9 Å². The van der Waals surface area contributed by atoms with E-state index in [-0.39, 0.29) is 11.9 Å². The molecule has 5 nitrogen and oxygen atoms in total. The highest BCUT2D eigenvalue weighted by atomic mass is 16.5. The first-order valence-corrected chi connectivity index (χ1v) is 8.24. The van der Waals surface area contributed by atoms with Crippen molar-refractivity contribution in [3.8, 4) is 5.75 Å². The van der Waals surface area contributed by atoms with Crippen LogP contribution in [0.2, 0.25) is 0 Å². The number of fused-ring (bicyclic) bond motifs is 1. The molecule has 0 fully saturated rings. The summed E-state index contributed by atoms with van der Waals surface area (Å²) in [6.45, 7) is 4.52. The molecule has 0 N–H and O–H groups in total. The second-order valence-corrected chi connectivity index (χ2v) is 6.13. The summed E-state index contributed by atoms with van der Waals surface area (Å²) in [5.41, 5.74) is 2.22. The highest BCUT2D eigenvalue weighted by Gasteiger charge is 2.22. The van der Waals surface area contributed by atoms with Crippen molar-refractivity contribution in [2.45, 2.75) is 19.5 Å². The summed E-state index contributed by atoms with van der Waals surface area (Å²) >= 11 is 0. The molecule has 2 aromatic rings. The molecule has 1 atom stereocenters. The number of likely N-dealkylation sites (N-methyl/N-ethyl adjacent to an activating group) is 1. The van der Waals surface area contributed by atoms with Crippen molar-refractivity contribution in [1.82, 2.24) is 14.8 Å². The van der Waals surface area contributed by atoms with Crippen LogP contribution in [0.25, 0.3) is 0 Å². The Morgan fingerprint density at radius 1 is 1.29 bits per heavy atom. The number of pyridine rings is 1. The number of ether oxygens (including phenoxy) is 1. The monoisotopic (exact) mass is 325 g/mol. The van der Waals surface area contributed by atoms with Gasteiger partial charge in [-0.3, -0.25) is 14.7 Å². The zero-order valence-electron chi connectivity index (χ0n) is 14.2. The average Bonchev–Trinajstić information content (AvgIpc) is 2.82. The molecule has 5 heteroatoms. The smallest absolute Gasteiger partial charge is 0.237 e. The largest absolute Gasteiger partial charge is 0.492 e. The van der Waals surface area contributed by atoms with Gasteiger partial charge in [-0.05, 0) is 30.7 Å². The maximum atomic E-state index is 12.7. The van der Waals surface area contributed by atoms with Crippen molar-refractivity contribution in [1.29, 1.82) is 0 Å². The van der Waals surface area contributed by atoms with Gasteiger partial charge >= 0.3 is 0 Å². The van der Waals surface area contributed by atoms with Gasteiger partial charge in [-0.15, -0.1) is 0 Å². The summed E-state index contributed by atoms with van der Waals surface area (Å²) in [5.74, 6) is 1.03. The number of carbonyl (C=O) groups is 1. The van der Waals surface area contributed by atoms with Crippen LogP contribution >= 0.6 is 0 Å². The third-order valence-corrected chi connectivity index (χ3v) is 4.55. The quantitative estimate of drug-likeness (QED) is 0.866. The molecule has 126 valence electrons. The van der Waals surface area contributed by atoms with E-state index in [2.05, 4.69) is 16.0 Å². The van der Waals surface area contributed by atoms with E-state index in [9.17, 15) is 4.79 Å². The molecule has 0 saturated carbocycles. The van der Waals surface area contributed by atoms with E-state index >= 15 is 0 Å². The Kier molecular flexibility index (Phi) is 5.11. The molecule has 1 aromatic heterocycles. The normalized spacial score (nSPS) is 15.8. The second-order valence-electron chi connectivity index (χ2n) is 6.13. The maximum Gasteiger partial charge on any atom is 0.237 e. The predicted molar refractivity (Wildman–Crippen MR) is 92.6 cm³/mol. The van der Waals surface area contributed by atoms with Crippen LogP contribution in [0.3, 0.4) is 0 Å². The summed E-state index contributed by atoms with van der Waals surface area (Å²) in [6, 6.07) is 11.9. The van der Waals surface area contributed by atoms with Gasteiger partial charge in [0, 0.05) is 38.1 Å². The molecule has 0 saturated heterocycles. The number of para-hydroxylation sites is 1. The lowest BCUT2D eigenvalue weighted by molar-refractivity contribution is -0.133. The highest BCUT2D eigenvalue weighted by molar-refractivity contribution is 5.78. The van der Waals surface area contributed by atoms with Crippen LogP contribution in [0.1, 0.15) is 24.1 Å². The molecule has 0 spiro atoms. The highest BCUT2D eigenvalue weighted by Crippen LogP contribution is 2.23. The Balaban J connectivity index is 1.64. The fraction of sp³-hybridized carbons (Fsp3) is 0.368. The number of aromatic nitrogens is 1. The van der Waals surface area contributed by atoms with Crippen LogP contribution in [0.4, 0.5) is 0 Å².